The van der Waals surface area contributed by atoms with Crippen LogP contribution >= 0.6 is 11.3 Å². The van der Waals surface area contributed by atoms with Gasteiger partial charge in [-0.25, -0.2) is 4.98 Å². The molecule has 3 rings (SSSR count). The predicted molar refractivity (Wildman–Crippen MR) is 93.4 cm³/mol. The third-order valence-corrected chi connectivity index (χ3v) is 4.37. The van der Waals surface area contributed by atoms with Gasteiger partial charge in [0, 0.05) is 30.2 Å². The summed E-state index contributed by atoms with van der Waals surface area (Å²) in [6.45, 7) is 4.30. The lowest BCUT2D eigenvalue weighted by Crippen LogP contribution is -2.28. The van der Waals surface area contributed by atoms with Crippen molar-refractivity contribution in [2.75, 3.05) is 16.8 Å². The number of nitrogens with one attached hydrogen (secondary N) is 1. The summed E-state index contributed by atoms with van der Waals surface area (Å²) < 4.78 is 5.60. The Hall–Kier alpha value is -2.41. The maximum atomic E-state index is 12.3. The molecule has 0 radical (unpaired) electrons. The zero-order chi connectivity index (χ0) is 17.1. The van der Waals surface area contributed by atoms with Crippen LogP contribution in [0.25, 0.3) is 0 Å². The lowest BCUT2D eigenvalue weighted by Gasteiger charge is -2.17. The molecular weight excluding hydrogens is 326 g/mol. The number of anilines is 2. The predicted octanol–water partition coefficient (Wildman–Crippen LogP) is 2.92. The molecule has 0 unspecified atom stereocenters. The van der Waals surface area contributed by atoms with E-state index in [0.29, 0.717) is 11.7 Å². The number of benzene rings is 1. The number of carbonyl (C=O) groups is 2. The summed E-state index contributed by atoms with van der Waals surface area (Å²) >= 11 is 1.36. The van der Waals surface area contributed by atoms with Crippen LogP contribution in [0.2, 0.25) is 0 Å². The van der Waals surface area contributed by atoms with E-state index in [1.807, 2.05) is 38.1 Å². The Bertz CT molecular complexity index is 713. The highest BCUT2D eigenvalue weighted by Crippen LogP contribution is 2.28. The number of rotatable bonds is 5. The molecule has 1 aliphatic rings. The van der Waals surface area contributed by atoms with Crippen molar-refractivity contribution >= 4 is 34.0 Å². The molecule has 1 aromatic carbocycles. The standard InChI is InChI=1S/C17H19N3O3S/c1-11(2)23-14-5-3-13(4-6-14)20-10-12(9-15(20)21)16(22)19-17-18-7-8-24-17/h3-8,11-12H,9-10H2,1-2H3,(H,18,19,22)/t12-/m1/s1. The minimum atomic E-state index is -0.368. The van der Waals surface area contributed by atoms with Crippen molar-refractivity contribution in [3.63, 3.8) is 0 Å². The minimum Gasteiger partial charge on any atom is -0.491 e. The van der Waals surface area contributed by atoms with Crippen molar-refractivity contribution in [3.05, 3.63) is 35.8 Å². The van der Waals surface area contributed by atoms with E-state index in [1.54, 1.807) is 16.5 Å². The summed E-state index contributed by atoms with van der Waals surface area (Å²) in [6, 6.07) is 7.37. The molecule has 0 spiro atoms. The third kappa shape index (κ3) is 3.73. The second-order valence-corrected chi connectivity index (χ2v) is 6.79. The zero-order valence-corrected chi connectivity index (χ0v) is 14.4. The van der Waals surface area contributed by atoms with Crippen molar-refractivity contribution < 1.29 is 14.3 Å². The van der Waals surface area contributed by atoms with Gasteiger partial charge in [-0.1, -0.05) is 0 Å². The van der Waals surface area contributed by atoms with Crippen molar-refractivity contribution in [2.24, 2.45) is 5.92 Å². The number of amides is 2. The molecule has 2 heterocycles. The smallest absolute Gasteiger partial charge is 0.231 e. The van der Waals surface area contributed by atoms with Crippen LogP contribution in [-0.2, 0) is 9.59 Å². The lowest BCUT2D eigenvalue weighted by atomic mass is 10.1. The van der Waals surface area contributed by atoms with E-state index >= 15 is 0 Å². The Morgan fingerprint density at radius 3 is 2.75 bits per heavy atom. The lowest BCUT2D eigenvalue weighted by molar-refractivity contribution is -0.122. The first-order valence-corrected chi connectivity index (χ1v) is 8.68. The van der Waals surface area contributed by atoms with E-state index in [1.165, 1.54) is 11.3 Å². The van der Waals surface area contributed by atoms with E-state index in [-0.39, 0.29) is 30.3 Å². The highest BCUT2D eigenvalue weighted by atomic mass is 32.1. The van der Waals surface area contributed by atoms with Crippen LogP contribution in [0.4, 0.5) is 10.8 Å². The fourth-order valence-corrected chi connectivity index (χ4v) is 3.13. The number of hydrogen-bond donors (Lipinski definition) is 1. The highest BCUT2D eigenvalue weighted by molar-refractivity contribution is 7.13. The first-order valence-electron chi connectivity index (χ1n) is 7.80. The first kappa shape index (κ1) is 16.4. The molecule has 6 nitrogen and oxygen atoms in total. The summed E-state index contributed by atoms with van der Waals surface area (Å²) in [5.74, 6) is 0.179. The van der Waals surface area contributed by atoms with Gasteiger partial charge in [0.2, 0.25) is 11.8 Å². The number of nitrogens with zero attached hydrogens (tertiary/aromatic N) is 2. The quantitative estimate of drug-likeness (QED) is 0.904. The molecule has 1 atom stereocenters. The van der Waals surface area contributed by atoms with Gasteiger partial charge in [0.1, 0.15) is 5.75 Å². The van der Waals surface area contributed by atoms with Crippen molar-refractivity contribution in [1.29, 1.82) is 0 Å². The van der Waals surface area contributed by atoms with Gasteiger partial charge in [0.25, 0.3) is 0 Å². The highest BCUT2D eigenvalue weighted by Gasteiger charge is 2.35. The Morgan fingerprint density at radius 1 is 1.38 bits per heavy atom. The molecule has 2 amide bonds. The molecule has 0 saturated carbocycles. The molecular formula is C17H19N3O3S. The molecule has 0 aliphatic carbocycles. The summed E-state index contributed by atoms with van der Waals surface area (Å²) in [6.07, 6.45) is 1.94. The molecule has 1 fully saturated rings. The second-order valence-electron chi connectivity index (χ2n) is 5.89. The largest absolute Gasteiger partial charge is 0.491 e. The SMILES string of the molecule is CC(C)Oc1ccc(N2C[C@H](C(=O)Nc3nccs3)CC2=O)cc1. The molecule has 7 heteroatoms. The molecule has 1 aliphatic heterocycles. The number of ether oxygens (including phenoxy) is 1. The molecule has 1 aromatic heterocycles. The zero-order valence-electron chi connectivity index (χ0n) is 13.6. The Balaban J connectivity index is 1.65. The first-order chi connectivity index (χ1) is 11.5. The minimum absolute atomic E-state index is 0.0492. The van der Waals surface area contributed by atoms with Crippen LogP contribution in [0, 0.1) is 5.92 Å². The van der Waals surface area contributed by atoms with Gasteiger partial charge < -0.3 is 15.0 Å². The van der Waals surface area contributed by atoms with Gasteiger partial charge in [-0.05, 0) is 38.1 Å². The van der Waals surface area contributed by atoms with Crippen LogP contribution in [0.15, 0.2) is 35.8 Å². The monoisotopic (exact) mass is 345 g/mol. The van der Waals surface area contributed by atoms with Crippen molar-refractivity contribution in [3.8, 4) is 5.75 Å². The average molecular weight is 345 g/mol. The van der Waals surface area contributed by atoms with Gasteiger partial charge in [0.05, 0.1) is 12.0 Å². The molecule has 0 bridgehead atoms. The fourth-order valence-electron chi connectivity index (χ4n) is 2.60. The number of thiazole rings is 1. The van der Waals surface area contributed by atoms with E-state index in [2.05, 4.69) is 10.3 Å². The van der Waals surface area contributed by atoms with Crippen molar-refractivity contribution in [1.82, 2.24) is 4.98 Å². The van der Waals surface area contributed by atoms with Gasteiger partial charge >= 0.3 is 0 Å². The number of hydrogen-bond acceptors (Lipinski definition) is 5. The van der Waals surface area contributed by atoms with Crippen LogP contribution in [0.1, 0.15) is 20.3 Å². The number of carbonyl (C=O) groups excluding carboxylic acids is 2. The fraction of sp³-hybridized carbons (Fsp3) is 0.353. The average Bonchev–Trinajstić information content (AvgIpc) is 3.17. The summed E-state index contributed by atoms with van der Waals surface area (Å²) in [5.41, 5.74) is 0.778. The van der Waals surface area contributed by atoms with Gasteiger partial charge in [-0.3, -0.25) is 9.59 Å². The van der Waals surface area contributed by atoms with E-state index in [9.17, 15) is 9.59 Å². The van der Waals surface area contributed by atoms with Crippen LogP contribution in [-0.4, -0.2) is 29.4 Å². The van der Waals surface area contributed by atoms with Crippen molar-refractivity contribution in [2.45, 2.75) is 26.4 Å². The normalized spacial score (nSPS) is 17.4. The van der Waals surface area contributed by atoms with E-state index in [4.69, 9.17) is 4.74 Å². The van der Waals surface area contributed by atoms with Gasteiger partial charge in [0.15, 0.2) is 5.13 Å². The van der Waals surface area contributed by atoms with Gasteiger partial charge in [-0.15, -0.1) is 11.3 Å². The maximum Gasteiger partial charge on any atom is 0.231 e. The Kier molecular flexibility index (Phi) is 4.80. The number of aromatic nitrogens is 1. The van der Waals surface area contributed by atoms with Gasteiger partial charge in [-0.2, -0.15) is 0 Å². The Labute approximate surface area is 144 Å². The van der Waals surface area contributed by atoms with Crippen LogP contribution in [0.3, 0.4) is 0 Å². The molecule has 24 heavy (non-hydrogen) atoms. The molecule has 1 saturated heterocycles. The maximum absolute atomic E-state index is 12.3. The van der Waals surface area contributed by atoms with Crippen LogP contribution in [0.5, 0.6) is 5.75 Å². The summed E-state index contributed by atoms with van der Waals surface area (Å²) in [5, 5.41) is 5.11. The molecule has 126 valence electrons. The van der Waals surface area contributed by atoms with E-state index < -0.39 is 0 Å². The van der Waals surface area contributed by atoms with Crippen LogP contribution < -0.4 is 15.0 Å². The second kappa shape index (κ2) is 7.00. The summed E-state index contributed by atoms with van der Waals surface area (Å²) in [7, 11) is 0. The third-order valence-electron chi connectivity index (χ3n) is 3.68. The topological polar surface area (TPSA) is 71.5 Å². The molecule has 1 N–H and O–H groups in total. The van der Waals surface area contributed by atoms with E-state index in [0.717, 1.165) is 11.4 Å². The molecule has 2 aromatic rings. The Morgan fingerprint density at radius 2 is 2.12 bits per heavy atom. The summed E-state index contributed by atoms with van der Waals surface area (Å²) in [4.78, 5) is 30.2.